The summed E-state index contributed by atoms with van der Waals surface area (Å²) in [6, 6.07) is 8.82. The van der Waals surface area contributed by atoms with Crippen molar-refractivity contribution in [3.05, 3.63) is 69.9 Å². The van der Waals surface area contributed by atoms with Crippen LogP contribution < -0.4 is 9.62 Å². The molecule has 2 aliphatic rings. The molecule has 4 rings (SSSR count). The Morgan fingerprint density at radius 3 is 2.43 bits per heavy atom. The van der Waals surface area contributed by atoms with Crippen LogP contribution in [0, 0.1) is 20.8 Å². The molecule has 1 N–H and O–H groups in total. The lowest BCUT2D eigenvalue weighted by molar-refractivity contribution is 0.595. The quantitative estimate of drug-likeness (QED) is 0.761. The summed E-state index contributed by atoms with van der Waals surface area (Å²) in [6.07, 6.45) is 7.14. The van der Waals surface area contributed by atoms with E-state index >= 15 is 0 Å². The molecule has 0 fully saturated rings. The van der Waals surface area contributed by atoms with E-state index in [1.807, 2.05) is 0 Å². The first kappa shape index (κ1) is 19.2. The van der Waals surface area contributed by atoms with Gasteiger partial charge in [-0.15, -0.1) is 0 Å². The predicted octanol–water partition coefficient (Wildman–Crippen LogP) is 4.83. The van der Waals surface area contributed by atoms with Gasteiger partial charge in [-0.1, -0.05) is 48.9 Å². The minimum atomic E-state index is -1.08. The maximum atomic E-state index is 12.7. The van der Waals surface area contributed by atoms with Crippen LogP contribution in [0.2, 0.25) is 0 Å². The number of nitrogens with one attached hydrogen (secondary N) is 1. The highest BCUT2D eigenvalue weighted by atomic mass is 32.2. The molecule has 2 aliphatic heterocycles. The van der Waals surface area contributed by atoms with Crippen LogP contribution in [0.25, 0.3) is 16.7 Å². The molecule has 2 aromatic rings. The molecule has 1 atom stereocenters. The van der Waals surface area contributed by atoms with Crippen molar-refractivity contribution >= 4 is 22.6 Å². The van der Waals surface area contributed by atoms with E-state index in [1.54, 1.807) is 6.26 Å². The van der Waals surface area contributed by atoms with Crippen molar-refractivity contribution in [3.63, 3.8) is 0 Å². The highest BCUT2D eigenvalue weighted by Gasteiger charge is 2.34. The average Bonchev–Trinajstić information content (AvgIpc) is 2.69. The Kier molecular flexibility index (Phi) is 5.02. The molecule has 3 nitrogen and oxygen atoms in total. The van der Waals surface area contributed by atoms with Gasteiger partial charge in [0.05, 0.1) is 17.0 Å². The van der Waals surface area contributed by atoms with E-state index in [9.17, 15) is 4.55 Å². The molecule has 0 saturated carbocycles. The minimum Gasteiger partial charge on any atom is -0.593 e. The van der Waals surface area contributed by atoms with Crippen molar-refractivity contribution in [1.82, 2.24) is 5.32 Å². The van der Waals surface area contributed by atoms with Crippen molar-refractivity contribution in [2.24, 2.45) is 0 Å². The van der Waals surface area contributed by atoms with Crippen molar-refractivity contribution in [2.45, 2.75) is 34.1 Å². The smallest absolute Gasteiger partial charge is 0.121 e. The van der Waals surface area contributed by atoms with Crippen LogP contribution in [0.4, 0.5) is 5.69 Å². The summed E-state index contributed by atoms with van der Waals surface area (Å²) in [7, 11) is 0. The Hall–Kier alpha value is -2.17. The van der Waals surface area contributed by atoms with Crippen molar-refractivity contribution in [1.29, 1.82) is 0 Å². The Morgan fingerprint density at radius 2 is 1.79 bits per heavy atom. The van der Waals surface area contributed by atoms with E-state index in [2.05, 4.69) is 73.7 Å². The first-order valence-electron chi connectivity index (χ1n) is 9.92. The molecule has 146 valence electrons. The number of dihydropyridines is 1. The van der Waals surface area contributed by atoms with Crippen LogP contribution in [0.15, 0.2) is 42.1 Å². The van der Waals surface area contributed by atoms with Crippen LogP contribution in [-0.2, 0) is 17.8 Å². The van der Waals surface area contributed by atoms with Crippen LogP contribution in [0.1, 0.15) is 34.7 Å². The maximum absolute atomic E-state index is 12.7. The fourth-order valence-corrected chi connectivity index (χ4v) is 5.41. The molecule has 1 unspecified atom stereocenters. The van der Waals surface area contributed by atoms with Crippen molar-refractivity contribution in [3.8, 4) is 11.1 Å². The summed E-state index contributed by atoms with van der Waals surface area (Å²) in [4.78, 5) is 0. The van der Waals surface area contributed by atoms with Gasteiger partial charge in [0.1, 0.15) is 12.8 Å². The third kappa shape index (κ3) is 2.96. The van der Waals surface area contributed by atoms with Gasteiger partial charge in [-0.05, 0) is 55.0 Å². The standard InChI is InChI=1S/C24H28N2OS/c1-6-19-16(3)24-23(17(4)22(19)18-11-9-15(2)10-12-18)20-8-7-13-25-21(20)14-26(24)28(5)27/h7-12,25H,6,13-14H2,1-5H3. The zero-order chi connectivity index (χ0) is 20.0. The molecule has 0 spiro atoms. The lowest BCUT2D eigenvalue weighted by atomic mass is 9.81. The summed E-state index contributed by atoms with van der Waals surface area (Å²) < 4.78 is 14.7. The number of hydrogen-bond acceptors (Lipinski definition) is 3. The molecule has 2 aromatic carbocycles. The molecule has 4 heteroatoms. The molecule has 0 aliphatic carbocycles. The van der Waals surface area contributed by atoms with E-state index in [-0.39, 0.29) is 0 Å². The zero-order valence-electron chi connectivity index (χ0n) is 17.3. The van der Waals surface area contributed by atoms with E-state index < -0.39 is 11.4 Å². The van der Waals surface area contributed by atoms with E-state index in [1.165, 1.54) is 50.2 Å². The summed E-state index contributed by atoms with van der Waals surface area (Å²) >= 11 is -1.08. The number of anilines is 1. The number of fused-ring (bicyclic) bond motifs is 2. The van der Waals surface area contributed by atoms with Crippen molar-refractivity contribution in [2.75, 3.05) is 23.7 Å². The Balaban J connectivity index is 2.07. The molecule has 0 amide bonds. The Bertz CT molecular complexity index is 987. The van der Waals surface area contributed by atoms with Gasteiger partial charge in [0.2, 0.25) is 0 Å². The molecule has 0 aromatic heterocycles. The minimum absolute atomic E-state index is 0.670. The van der Waals surface area contributed by atoms with Gasteiger partial charge in [-0.2, -0.15) is 4.31 Å². The predicted molar refractivity (Wildman–Crippen MR) is 121 cm³/mol. The summed E-state index contributed by atoms with van der Waals surface area (Å²) in [5.41, 5.74) is 12.5. The molecule has 28 heavy (non-hydrogen) atoms. The van der Waals surface area contributed by atoms with Gasteiger partial charge >= 0.3 is 0 Å². The molecule has 2 heterocycles. The number of nitrogens with zero attached hydrogens (tertiary/aromatic N) is 1. The van der Waals surface area contributed by atoms with E-state index in [0.717, 1.165) is 18.7 Å². The first-order valence-corrected chi connectivity index (χ1v) is 11.4. The largest absolute Gasteiger partial charge is 0.593 e. The van der Waals surface area contributed by atoms with Gasteiger partial charge in [0.25, 0.3) is 0 Å². The summed E-state index contributed by atoms with van der Waals surface area (Å²) in [6.45, 7) is 10.3. The van der Waals surface area contributed by atoms with Gasteiger partial charge in [-0.25, -0.2) is 0 Å². The second kappa shape index (κ2) is 7.34. The zero-order valence-corrected chi connectivity index (χ0v) is 18.2. The van der Waals surface area contributed by atoms with Gasteiger partial charge in [-0.3, -0.25) is 0 Å². The molecule has 0 bridgehead atoms. The van der Waals surface area contributed by atoms with E-state index in [0.29, 0.717) is 6.54 Å². The molecule has 0 radical (unpaired) electrons. The SMILES string of the molecule is CCc1c(C)c2c(c(C)c1-c1ccc(C)cc1)C1=C(CN2[S+](C)[O-])NCC=C1. The third-order valence-corrected chi connectivity index (χ3v) is 6.90. The summed E-state index contributed by atoms with van der Waals surface area (Å²) in [5.74, 6) is 0. The number of rotatable bonds is 3. The number of allylic oxidation sites excluding steroid dienone is 2. The van der Waals surface area contributed by atoms with Crippen LogP contribution in [-0.4, -0.2) is 23.9 Å². The average molecular weight is 393 g/mol. The monoisotopic (exact) mass is 392 g/mol. The van der Waals surface area contributed by atoms with Gasteiger partial charge in [0.15, 0.2) is 0 Å². The Morgan fingerprint density at radius 1 is 1.07 bits per heavy atom. The summed E-state index contributed by atoms with van der Waals surface area (Å²) in [5, 5.41) is 3.51. The molecule has 0 saturated heterocycles. The van der Waals surface area contributed by atoms with Crippen molar-refractivity contribution < 1.29 is 4.55 Å². The Labute approximate surface area is 171 Å². The van der Waals surface area contributed by atoms with Gasteiger partial charge in [0, 0.05) is 23.4 Å². The van der Waals surface area contributed by atoms with Gasteiger partial charge < -0.3 is 9.87 Å². The third-order valence-electron chi connectivity index (χ3n) is 5.96. The second-order valence-electron chi connectivity index (χ2n) is 7.68. The topological polar surface area (TPSA) is 38.3 Å². The van der Waals surface area contributed by atoms with E-state index in [4.69, 9.17) is 0 Å². The van der Waals surface area contributed by atoms with Crippen LogP contribution in [0.3, 0.4) is 0 Å². The normalized spacial score (nSPS) is 16.6. The maximum Gasteiger partial charge on any atom is 0.121 e. The van der Waals surface area contributed by atoms with Crippen LogP contribution in [0.5, 0.6) is 0 Å². The lowest BCUT2D eigenvalue weighted by Gasteiger charge is -2.37. The number of aryl methyl sites for hydroxylation is 1. The fraction of sp³-hybridized carbons (Fsp3) is 0.333. The highest BCUT2D eigenvalue weighted by Crippen LogP contribution is 2.47. The first-order chi connectivity index (χ1) is 13.4. The molecular weight excluding hydrogens is 364 g/mol. The number of hydrogen-bond donors (Lipinski definition) is 1. The lowest BCUT2D eigenvalue weighted by Crippen LogP contribution is -2.40. The number of benzene rings is 2. The fourth-order valence-electron chi connectivity index (χ4n) is 4.61. The molecular formula is C24H28N2OS. The second-order valence-corrected chi connectivity index (χ2v) is 8.97. The highest BCUT2D eigenvalue weighted by molar-refractivity contribution is 7.92. The van der Waals surface area contributed by atoms with Crippen LogP contribution >= 0.6 is 0 Å².